The zero-order valence-electron chi connectivity index (χ0n) is 8.11. The van der Waals surface area contributed by atoms with Crippen LogP contribution < -0.4 is 0 Å². The van der Waals surface area contributed by atoms with Crippen molar-refractivity contribution in [3.8, 4) is 0 Å². The molecule has 1 aromatic rings. The third kappa shape index (κ3) is 3.52. The van der Waals surface area contributed by atoms with Gasteiger partial charge in [-0.2, -0.15) is 0 Å². The molecular weight excluding hydrogens is 280 g/mol. The van der Waals surface area contributed by atoms with Crippen LogP contribution in [0.1, 0.15) is 17.3 Å². The molecule has 0 heterocycles. The summed E-state index contributed by atoms with van der Waals surface area (Å²) >= 11 is 4.64. The molecule has 3 nitrogen and oxygen atoms in total. The molecule has 1 rings (SSSR count). The summed E-state index contributed by atoms with van der Waals surface area (Å²) in [6.07, 6.45) is 0. The molecule has 0 amide bonds. The summed E-state index contributed by atoms with van der Waals surface area (Å²) < 4.78 is 0.833. The van der Waals surface area contributed by atoms with Crippen molar-refractivity contribution in [1.29, 1.82) is 0 Å². The van der Waals surface area contributed by atoms with Crippen molar-refractivity contribution < 1.29 is 15.0 Å². The van der Waals surface area contributed by atoms with Gasteiger partial charge in [0.2, 0.25) is 0 Å². The molecule has 0 aromatic heterocycles. The highest BCUT2D eigenvalue weighted by Crippen LogP contribution is 2.29. The van der Waals surface area contributed by atoms with E-state index < -0.39 is 5.97 Å². The average molecular weight is 291 g/mol. The number of benzene rings is 1. The summed E-state index contributed by atoms with van der Waals surface area (Å²) in [4.78, 5) is 11.6. The van der Waals surface area contributed by atoms with Gasteiger partial charge in [0, 0.05) is 14.6 Å². The molecule has 0 saturated heterocycles. The highest BCUT2D eigenvalue weighted by atomic mass is 79.9. The van der Waals surface area contributed by atoms with E-state index in [2.05, 4.69) is 15.9 Å². The van der Waals surface area contributed by atoms with Crippen LogP contribution in [0.2, 0.25) is 0 Å². The maximum atomic E-state index is 10.9. The monoisotopic (exact) mass is 290 g/mol. The first kappa shape index (κ1) is 12.5. The lowest BCUT2D eigenvalue weighted by atomic mass is 10.2. The van der Waals surface area contributed by atoms with Crippen LogP contribution in [-0.2, 0) is 0 Å². The number of carbonyl (C=O) groups is 1. The number of aliphatic hydroxyl groups is 1. The van der Waals surface area contributed by atoms with Gasteiger partial charge in [-0.15, -0.1) is 11.8 Å². The van der Waals surface area contributed by atoms with Crippen LogP contribution in [0.15, 0.2) is 27.6 Å². The summed E-state index contributed by atoms with van der Waals surface area (Å²) in [7, 11) is 0. The fraction of sp³-hybridized carbons (Fsp3) is 0.300. The molecule has 5 heteroatoms. The summed E-state index contributed by atoms with van der Waals surface area (Å²) in [6, 6.07) is 5.00. The topological polar surface area (TPSA) is 57.5 Å². The molecule has 1 aromatic carbocycles. The lowest BCUT2D eigenvalue weighted by Gasteiger charge is -2.10. The van der Waals surface area contributed by atoms with Crippen LogP contribution in [-0.4, -0.2) is 28.0 Å². The van der Waals surface area contributed by atoms with Crippen molar-refractivity contribution in [2.24, 2.45) is 0 Å². The number of hydrogen-bond acceptors (Lipinski definition) is 3. The molecular formula is C10H11BrO3S. The van der Waals surface area contributed by atoms with E-state index in [0.717, 1.165) is 4.47 Å². The van der Waals surface area contributed by atoms with Crippen molar-refractivity contribution in [2.75, 3.05) is 6.61 Å². The molecule has 0 aliphatic rings. The number of halogens is 1. The molecule has 0 aliphatic heterocycles. The lowest BCUT2D eigenvalue weighted by molar-refractivity contribution is 0.0693. The molecule has 1 unspecified atom stereocenters. The molecule has 0 bridgehead atoms. The molecule has 1 atom stereocenters. The predicted octanol–water partition coefficient (Wildman–Crippen LogP) is 2.62. The molecule has 0 radical (unpaired) electrons. The van der Waals surface area contributed by atoms with Gasteiger partial charge in [-0.05, 0) is 18.2 Å². The Morgan fingerprint density at radius 2 is 2.27 bits per heavy atom. The Morgan fingerprint density at radius 1 is 1.60 bits per heavy atom. The number of carboxylic acids is 1. The van der Waals surface area contributed by atoms with Crippen LogP contribution in [0, 0.1) is 0 Å². The molecule has 2 N–H and O–H groups in total. The fourth-order valence-electron chi connectivity index (χ4n) is 1.02. The van der Waals surface area contributed by atoms with Crippen LogP contribution >= 0.6 is 27.7 Å². The Hall–Kier alpha value is -0.520. The van der Waals surface area contributed by atoms with E-state index in [9.17, 15) is 4.79 Å². The third-order valence-electron chi connectivity index (χ3n) is 1.76. The van der Waals surface area contributed by atoms with Crippen molar-refractivity contribution in [3.05, 3.63) is 28.2 Å². The summed E-state index contributed by atoms with van der Waals surface area (Å²) in [5.41, 5.74) is 0.267. The second-order valence-electron chi connectivity index (χ2n) is 3.06. The maximum absolute atomic E-state index is 10.9. The highest BCUT2D eigenvalue weighted by molar-refractivity contribution is 9.10. The second kappa shape index (κ2) is 5.53. The van der Waals surface area contributed by atoms with Gasteiger partial charge in [0.05, 0.1) is 12.2 Å². The zero-order chi connectivity index (χ0) is 11.4. The number of rotatable bonds is 4. The van der Waals surface area contributed by atoms with Crippen LogP contribution in [0.25, 0.3) is 0 Å². The van der Waals surface area contributed by atoms with Crippen molar-refractivity contribution in [2.45, 2.75) is 17.1 Å². The molecule has 82 valence electrons. The van der Waals surface area contributed by atoms with E-state index in [-0.39, 0.29) is 17.4 Å². The minimum atomic E-state index is -0.949. The van der Waals surface area contributed by atoms with Crippen molar-refractivity contribution in [3.63, 3.8) is 0 Å². The highest BCUT2D eigenvalue weighted by Gasteiger charge is 2.13. The van der Waals surface area contributed by atoms with Gasteiger partial charge in [-0.1, -0.05) is 22.9 Å². The van der Waals surface area contributed by atoms with E-state index in [4.69, 9.17) is 10.2 Å². The Balaban J connectivity index is 3.02. The van der Waals surface area contributed by atoms with E-state index in [1.165, 1.54) is 11.8 Å². The SMILES string of the molecule is CC(CO)Sc1cc(Br)ccc1C(=O)O. The minimum Gasteiger partial charge on any atom is -0.478 e. The van der Waals surface area contributed by atoms with Gasteiger partial charge >= 0.3 is 5.97 Å². The van der Waals surface area contributed by atoms with Gasteiger partial charge in [0.25, 0.3) is 0 Å². The largest absolute Gasteiger partial charge is 0.478 e. The number of hydrogen-bond donors (Lipinski definition) is 2. The van der Waals surface area contributed by atoms with E-state index in [1.807, 2.05) is 6.92 Å². The molecule has 0 aliphatic carbocycles. The summed E-state index contributed by atoms with van der Waals surface area (Å²) in [5, 5.41) is 17.8. The molecule has 0 saturated carbocycles. The third-order valence-corrected chi connectivity index (χ3v) is 3.40. The minimum absolute atomic E-state index is 0.0163. The van der Waals surface area contributed by atoms with Gasteiger partial charge in [0.15, 0.2) is 0 Å². The van der Waals surface area contributed by atoms with Crippen molar-refractivity contribution in [1.82, 2.24) is 0 Å². The summed E-state index contributed by atoms with van der Waals surface area (Å²) in [5.74, 6) is -0.949. The standard InChI is InChI=1S/C10H11BrO3S/c1-6(5-12)15-9-4-7(11)2-3-8(9)10(13)14/h2-4,6,12H,5H2,1H3,(H,13,14). The van der Waals surface area contributed by atoms with Gasteiger partial charge < -0.3 is 10.2 Å². The predicted molar refractivity (Wildman–Crippen MR) is 63.5 cm³/mol. The lowest BCUT2D eigenvalue weighted by Crippen LogP contribution is -2.05. The second-order valence-corrected chi connectivity index (χ2v) is 5.45. The summed E-state index contributed by atoms with van der Waals surface area (Å²) in [6.45, 7) is 1.87. The number of thioether (sulfide) groups is 1. The Bertz CT molecular complexity index is 368. The van der Waals surface area contributed by atoms with Gasteiger partial charge in [-0.3, -0.25) is 0 Å². The number of aromatic carboxylic acids is 1. The molecule has 0 fully saturated rings. The van der Waals surface area contributed by atoms with Crippen molar-refractivity contribution >= 4 is 33.7 Å². The Labute approximate surface area is 101 Å². The van der Waals surface area contributed by atoms with Gasteiger partial charge in [-0.25, -0.2) is 4.79 Å². The normalized spacial score (nSPS) is 12.5. The quantitative estimate of drug-likeness (QED) is 0.837. The van der Waals surface area contributed by atoms with E-state index in [1.54, 1.807) is 18.2 Å². The average Bonchev–Trinajstić information content (AvgIpc) is 2.17. The first-order valence-electron chi connectivity index (χ1n) is 4.35. The fourth-order valence-corrected chi connectivity index (χ4v) is 2.52. The smallest absolute Gasteiger partial charge is 0.336 e. The Kier molecular flexibility index (Phi) is 4.63. The first-order valence-corrected chi connectivity index (χ1v) is 6.02. The van der Waals surface area contributed by atoms with E-state index >= 15 is 0 Å². The van der Waals surface area contributed by atoms with Crippen LogP contribution in [0.4, 0.5) is 0 Å². The number of aliphatic hydroxyl groups excluding tert-OH is 1. The number of carboxylic acid groups (broad SMARTS) is 1. The van der Waals surface area contributed by atoms with Crippen LogP contribution in [0.3, 0.4) is 0 Å². The van der Waals surface area contributed by atoms with Crippen LogP contribution in [0.5, 0.6) is 0 Å². The Morgan fingerprint density at radius 3 is 2.80 bits per heavy atom. The molecule has 0 spiro atoms. The zero-order valence-corrected chi connectivity index (χ0v) is 10.5. The first-order chi connectivity index (χ1) is 7.04. The maximum Gasteiger partial charge on any atom is 0.336 e. The van der Waals surface area contributed by atoms with E-state index in [0.29, 0.717) is 4.90 Å². The molecule has 15 heavy (non-hydrogen) atoms. The van der Waals surface area contributed by atoms with Gasteiger partial charge in [0.1, 0.15) is 0 Å².